The summed E-state index contributed by atoms with van der Waals surface area (Å²) >= 11 is 0. The third kappa shape index (κ3) is 5.88. The maximum Gasteiger partial charge on any atom is 0.240 e. The molecule has 0 fully saturated rings. The third-order valence-electron chi connectivity index (χ3n) is 4.63. The zero-order chi connectivity index (χ0) is 21.2. The van der Waals surface area contributed by atoms with Crippen molar-refractivity contribution in [2.75, 3.05) is 4.90 Å². The first-order valence-electron chi connectivity index (χ1n) is 10.0. The van der Waals surface area contributed by atoms with Crippen molar-refractivity contribution in [2.24, 2.45) is 5.10 Å². The van der Waals surface area contributed by atoms with Gasteiger partial charge in [-0.05, 0) is 41.8 Å². The van der Waals surface area contributed by atoms with Crippen LogP contribution in [0.25, 0.3) is 0 Å². The second-order valence-electron chi connectivity index (χ2n) is 6.79. The van der Waals surface area contributed by atoms with Crippen molar-refractivity contribution in [1.29, 1.82) is 0 Å². The average Bonchev–Trinajstić information content (AvgIpc) is 2.80. The van der Waals surface area contributed by atoms with Crippen LogP contribution in [0.1, 0.15) is 30.9 Å². The van der Waals surface area contributed by atoms with Crippen LogP contribution < -0.4 is 10.3 Å². The number of hydrogen-bond donors (Lipinski definition) is 1. The molecular formula is C25H25N3O2. The molecule has 0 unspecified atom stereocenters. The fourth-order valence-electron chi connectivity index (χ4n) is 3.00. The average molecular weight is 399 g/mol. The van der Waals surface area contributed by atoms with E-state index >= 15 is 0 Å². The van der Waals surface area contributed by atoms with E-state index in [-0.39, 0.29) is 24.7 Å². The van der Waals surface area contributed by atoms with Gasteiger partial charge in [0.15, 0.2) is 0 Å². The second-order valence-corrected chi connectivity index (χ2v) is 6.79. The fraction of sp³-hybridized carbons (Fsp3) is 0.160. The van der Waals surface area contributed by atoms with E-state index in [1.165, 1.54) is 5.56 Å². The van der Waals surface area contributed by atoms with E-state index in [9.17, 15) is 9.59 Å². The summed E-state index contributed by atoms with van der Waals surface area (Å²) in [5, 5.41) is 3.99. The van der Waals surface area contributed by atoms with Gasteiger partial charge in [-0.25, -0.2) is 5.43 Å². The van der Waals surface area contributed by atoms with Gasteiger partial charge in [0.25, 0.3) is 0 Å². The molecule has 1 N–H and O–H groups in total. The SMILES string of the molecule is CCc1ccc(C=NNC(=O)CCC(=O)N(c2ccccc2)c2ccccc2)cc1. The van der Waals surface area contributed by atoms with Gasteiger partial charge in [0, 0.05) is 24.2 Å². The third-order valence-corrected chi connectivity index (χ3v) is 4.63. The van der Waals surface area contributed by atoms with Crippen LogP contribution in [0.5, 0.6) is 0 Å². The molecule has 0 bridgehead atoms. The Hall–Kier alpha value is -3.73. The number of aryl methyl sites for hydroxylation is 1. The number of anilines is 2. The summed E-state index contributed by atoms with van der Waals surface area (Å²) in [5.74, 6) is -0.451. The van der Waals surface area contributed by atoms with E-state index in [1.54, 1.807) is 11.1 Å². The van der Waals surface area contributed by atoms with Crippen molar-refractivity contribution in [1.82, 2.24) is 5.43 Å². The van der Waals surface area contributed by atoms with Gasteiger partial charge in [-0.2, -0.15) is 5.10 Å². The highest BCUT2D eigenvalue weighted by atomic mass is 16.2. The van der Waals surface area contributed by atoms with E-state index in [0.29, 0.717) is 0 Å². The predicted molar refractivity (Wildman–Crippen MR) is 121 cm³/mol. The molecule has 0 heterocycles. The van der Waals surface area contributed by atoms with E-state index in [0.717, 1.165) is 23.4 Å². The van der Waals surface area contributed by atoms with Gasteiger partial charge in [-0.15, -0.1) is 0 Å². The van der Waals surface area contributed by atoms with E-state index in [4.69, 9.17) is 0 Å². The molecule has 0 saturated heterocycles. The first kappa shape index (κ1) is 21.0. The summed E-state index contributed by atoms with van der Waals surface area (Å²) in [6.45, 7) is 2.10. The molecule has 2 amide bonds. The number of carbonyl (C=O) groups excluding carboxylic acids is 2. The number of rotatable bonds is 8. The molecule has 0 aliphatic carbocycles. The number of para-hydroxylation sites is 2. The fourth-order valence-corrected chi connectivity index (χ4v) is 3.00. The highest BCUT2D eigenvalue weighted by Gasteiger charge is 2.18. The number of hydrazone groups is 1. The van der Waals surface area contributed by atoms with Crippen molar-refractivity contribution in [3.8, 4) is 0 Å². The van der Waals surface area contributed by atoms with Gasteiger partial charge in [-0.1, -0.05) is 67.6 Å². The molecule has 30 heavy (non-hydrogen) atoms. The summed E-state index contributed by atoms with van der Waals surface area (Å²) in [6, 6.07) is 26.8. The van der Waals surface area contributed by atoms with Gasteiger partial charge < -0.3 is 0 Å². The maximum atomic E-state index is 12.9. The summed E-state index contributed by atoms with van der Waals surface area (Å²) in [6.07, 6.45) is 2.71. The van der Waals surface area contributed by atoms with E-state index in [1.807, 2.05) is 84.9 Å². The van der Waals surface area contributed by atoms with Gasteiger partial charge in [0.2, 0.25) is 11.8 Å². The molecule has 0 atom stereocenters. The Labute approximate surface area is 177 Å². The number of nitrogens with zero attached hydrogens (tertiary/aromatic N) is 2. The Morgan fingerprint density at radius 3 is 1.93 bits per heavy atom. The van der Waals surface area contributed by atoms with Gasteiger partial charge >= 0.3 is 0 Å². The molecule has 3 aromatic rings. The lowest BCUT2D eigenvalue weighted by Crippen LogP contribution is -2.27. The molecule has 0 spiro atoms. The Morgan fingerprint density at radius 1 is 0.833 bits per heavy atom. The molecule has 0 aromatic heterocycles. The molecule has 0 aliphatic rings. The van der Waals surface area contributed by atoms with E-state index < -0.39 is 0 Å². The van der Waals surface area contributed by atoms with Crippen LogP contribution in [-0.2, 0) is 16.0 Å². The molecule has 0 saturated carbocycles. The largest absolute Gasteiger partial charge is 0.281 e. The molecule has 0 radical (unpaired) electrons. The van der Waals surface area contributed by atoms with Crippen LogP contribution in [0.15, 0.2) is 90.0 Å². The Balaban J connectivity index is 1.58. The molecule has 3 rings (SSSR count). The summed E-state index contributed by atoms with van der Waals surface area (Å²) < 4.78 is 0. The van der Waals surface area contributed by atoms with Crippen LogP contribution >= 0.6 is 0 Å². The monoisotopic (exact) mass is 399 g/mol. The molecule has 5 heteroatoms. The molecular weight excluding hydrogens is 374 g/mol. The number of carbonyl (C=O) groups is 2. The number of hydrogen-bond acceptors (Lipinski definition) is 3. The lowest BCUT2D eigenvalue weighted by atomic mass is 10.1. The standard InChI is InChI=1S/C25H25N3O2/c1-2-20-13-15-21(16-14-20)19-26-27-24(29)17-18-25(30)28(22-9-5-3-6-10-22)23-11-7-4-8-12-23/h3-16,19H,2,17-18H2,1H3,(H,27,29). The number of amides is 2. The van der Waals surface area contributed by atoms with Crippen molar-refractivity contribution in [3.05, 3.63) is 96.1 Å². The van der Waals surface area contributed by atoms with Crippen LogP contribution in [0.4, 0.5) is 11.4 Å². The van der Waals surface area contributed by atoms with Crippen LogP contribution in [0.3, 0.4) is 0 Å². The minimum absolute atomic E-state index is 0.0567. The molecule has 152 valence electrons. The van der Waals surface area contributed by atoms with Crippen molar-refractivity contribution in [2.45, 2.75) is 26.2 Å². The molecule has 5 nitrogen and oxygen atoms in total. The minimum atomic E-state index is -0.300. The lowest BCUT2D eigenvalue weighted by molar-refractivity contribution is -0.124. The number of benzene rings is 3. The van der Waals surface area contributed by atoms with Gasteiger partial charge in [0.05, 0.1) is 6.21 Å². The van der Waals surface area contributed by atoms with Crippen molar-refractivity contribution < 1.29 is 9.59 Å². The minimum Gasteiger partial charge on any atom is -0.281 e. The first-order chi connectivity index (χ1) is 14.7. The van der Waals surface area contributed by atoms with Crippen LogP contribution in [0.2, 0.25) is 0 Å². The zero-order valence-corrected chi connectivity index (χ0v) is 17.0. The van der Waals surface area contributed by atoms with Gasteiger partial charge in [0.1, 0.15) is 0 Å². The van der Waals surface area contributed by atoms with Crippen molar-refractivity contribution >= 4 is 29.4 Å². The Morgan fingerprint density at radius 2 is 1.40 bits per heavy atom. The smallest absolute Gasteiger partial charge is 0.240 e. The summed E-state index contributed by atoms with van der Waals surface area (Å²) in [5.41, 5.74) is 6.18. The van der Waals surface area contributed by atoms with Crippen LogP contribution in [0, 0.1) is 0 Å². The van der Waals surface area contributed by atoms with Crippen molar-refractivity contribution in [3.63, 3.8) is 0 Å². The highest BCUT2D eigenvalue weighted by molar-refractivity contribution is 6.01. The van der Waals surface area contributed by atoms with E-state index in [2.05, 4.69) is 17.5 Å². The number of nitrogens with one attached hydrogen (secondary N) is 1. The Bertz CT molecular complexity index is 944. The summed E-state index contributed by atoms with van der Waals surface area (Å²) in [4.78, 5) is 26.7. The topological polar surface area (TPSA) is 61.8 Å². The first-order valence-corrected chi connectivity index (χ1v) is 10.0. The highest BCUT2D eigenvalue weighted by Crippen LogP contribution is 2.26. The normalized spacial score (nSPS) is 10.7. The summed E-state index contributed by atoms with van der Waals surface area (Å²) in [7, 11) is 0. The van der Waals surface area contributed by atoms with Gasteiger partial charge in [-0.3, -0.25) is 14.5 Å². The Kier molecular flexibility index (Phi) is 7.50. The quantitative estimate of drug-likeness (QED) is 0.435. The molecule has 0 aliphatic heterocycles. The molecule has 3 aromatic carbocycles. The van der Waals surface area contributed by atoms with Crippen LogP contribution in [-0.4, -0.2) is 18.0 Å². The zero-order valence-electron chi connectivity index (χ0n) is 17.0. The maximum absolute atomic E-state index is 12.9. The second kappa shape index (κ2) is 10.7. The lowest BCUT2D eigenvalue weighted by Gasteiger charge is -2.23. The predicted octanol–water partition coefficient (Wildman–Crippen LogP) is 4.84.